The topological polar surface area (TPSA) is 44.3 Å². The van der Waals surface area contributed by atoms with Gasteiger partial charge >= 0.3 is 0 Å². The van der Waals surface area contributed by atoms with Crippen LogP contribution in [0.3, 0.4) is 0 Å². The quantitative estimate of drug-likeness (QED) is 0.647. The number of nitrogens with one attached hydrogen (secondary N) is 2. The van der Waals surface area contributed by atoms with E-state index in [1.165, 1.54) is 5.56 Å². The van der Waals surface area contributed by atoms with Crippen LogP contribution in [0.15, 0.2) is 48.8 Å². The zero-order chi connectivity index (χ0) is 14.4. The van der Waals surface area contributed by atoms with Crippen molar-refractivity contribution in [1.29, 1.82) is 0 Å². The van der Waals surface area contributed by atoms with Crippen LogP contribution in [0, 0.1) is 18.8 Å². The first-order valence-electron chi connectivity index (χ1n) is 6.55. The molecule has 0 amide bonds. The Balaban J connectivity index is 2.76. The van der Waals surface area contributed by atoms with Gasteiger partial charge in [-0.3, -0.25) is 10.7 Å². The number of rotatable bonds is 7. The number of benzene rings is 1. The third kappa shape index (κ3) is 4.79. The average molecular weight is 260 g/mol. The predicted molar refractivity (Wildman–Crippen MR) is 80.9 cm³/mol. The van der Waals surface area contributed by atoms with E-state index in [0.29, 0.717) is 11.6 Å². The van der Waals surface area contributed by atoms with E-state index in [9.17, 15) is 0 Å². The SMILES string of the molecule is C=C(NO)C(CC(C)C)C(=C)Nc1ccc(C)cc1. The normalized spacial score (nSPS) is 12.1. The number of hydrogen-bond donors (Lipinski definition) is 3. The zero-order valence-corrected chi connectivity index (χ0v) is 12.0. The highest BCUT2D eigenvalue weighted by Crippen LogP contribution is 2.25. The minimum absolute atomic E-state index is 0.00805. The van der Waals surface area contributed by atoms with Crippen molar-refractivity contribution in [3.63, 3.8) is 0 Å². The number of anilines is 1. The van der Waals surface area contributed by atoms with Crippen LogP contribution in [0.25, 0.3) is 0 Å². The molecule has 0 aromatic heterocycles. The van der Waals surface area contributed by atoms with Gasteiger partial charge in [-0.2, -0.15) is 0 Å². The zero-order valence-electron chi connectivity index (χ0n) is 12.0. The second-order valence-electron chi connectivity index (χ2n) is 5.34. The van der Waals surface area contributed by atoms with Crippen LogP contribution in [-0.2, 0) is 0 Å². The van der Waals surface area contributed by atoms with E-state index in [0.717, 1.165) is 17.8 Å². The molecule has 0 aliphatic heterocycles. The molecule has 3 N–H and O–H groups in total. The van der Waals surface area contributed by atoms with Gasteiger partial charge in [0.25, 0.3) is 0 Å². The molecule has 0 aliphatic rings. The third-order valence-corrected chi connectivity index (χ3v) is 3.05. The summed E-state index contributed by atoms with van der Waals surface area (Å²) in [5.74, 6) is 0.484. The van der Waals surface area contributed by atoms with Crippen LogP contribution in [-0.4, -0.2) is 5.21 Å². The molecule has 0 saturated heterocycles. The lowest BCUT2D eigenvalue weighted by atomic mass is 9.92. The largest absolute Gasteiger partial charge is 0.359 e. The second kappa shape index (κ2) is 7.00. The Morgan fingerprint density at radius 2 is 1.74 bits per heavy atom. The summed E-state index contributed by atoms with van der Waals surface area (Å²) in [6.07, 6.45) is 0.879. The maximum absolute atomic E-state index is 9.05. The first-order valence-corrected chi connectivity index (χ1v) is 6.55. The average Bonchev–Trinajstić information content (AvgIpc) is 2.37. The van der Waals surface area contributed by atoms with Crippen molar-refractivity contribution in [3.8, 4) is 0 Å². The second-order valence-corrected chi connectivity index (χ2v) is 5.34. The third-order valence-electron chi connectivity index (χ3n) is 3.05. The maximum Gasteiger partial charge on any atom is 0.0402 e. The summed E-state index contributed by atoms with van der Waals surface area (Å²) in [7, 11) is 0. The fraction of sp³-hybridized carbons (Fsp3) is 0.375. The molecule has 0 fully saturated rings. The van der Waals surface area contributed by atoms with Crippen molar-refractivity contribution in [2.75, 3.05) is 5.32 Å². The number of hydrogen-bond acceptors (Lipinski definition) is 3. The molecule has 0 saturated carbocycles. The molecular formula is C16H24N2O. The molecular weight excluding hydrogens is 236 g/mol. The fourth-order valence-electron chi connectivity index (χ4n) is 1.95. The summed E-state index contributed by atoms with van der Waals surface area (Å²) in [5, 5.41) is 12.3. The van der Waals surface area contributed by atoms with Crippen molar-refractivity contribution in [2.24, 2.45) is 11.8 Å². The highest BCUT2D eigenvalue weighted by molar-refractivity contribution is 5.49. The Morgan fingerprint density at radius 1 is 1.16 bits per heavy atom. The van der Waals surface area contributed by atoms with E-state index in [1.807, 2.05) is 24.3 Å². The molecule has 1 unspecified atom stereocenters. The first-order chi connectivity index (χ1) is 8.93. The Labute approximate surface area is 116 Å². The molecule has 1 rings (SSSR count). The van der Waals surface area contributed by atoms with Crippen LogP contribution in [0.4, 0.5) is 5.69 Å². The summed E-state index contributed by atoms with van der Waals surface area (Å²) in [6.45, 7) is 14.2. The molecule has 19 heavy (non-hydrogen) atoms. The molecule has 0 spiro atoms. The molecule has 104 valence electrons. The molecule has 0 bridgehead atoms. The minimum atomic E-state index is -0.00805. The molecule has 1 atom stereocenters. The summed E-state index contributed by atoms with van der Waals surface area (Å²) in [4.78, 5) is 0. The highest BCUT2D eigenvalue weighted by Gasteiger charge is 2.18. The fourth-order valence-corrected chi connectivity index (χ4v) is 1.95. The van der Waals surface area contributed by atoms with Gasteiger partial charge in [-0.1, -0.05) is 44.7 Å². The van der Waals surface area contributed by atoms with Gasteiger partial charge in [0.1, 0.15) is 0 Å². The standard InChI is InChI=1S/C16H24N2O/c1-11(2)10-16(14(5)18-19)13(4)17-15-8-6-12(3)7-9-15/h6-9,11,16-19H,4-5,10H2,1-3H3. The Kier molecular flexibility index (Phi) is 5.64. The van der Waals surface area contributed by atoms with E-state index >= 15 is 0 Å². The van der Waals surface area contributed by atoms with Crippen LogP contribution in [0.1, 0.15) is 25.8 Å². The monoisotopic (exact) mass is 260 g/mol. The summed E-state index contributed by atoms with van der Waals surface area (Å²) in [6, 6.07) is 8.13. The predicted octanol–water partition coefficient (Wildman–Crippen LogP) is 4.08. The molecule has 1 aromatic carbocycles. The van der Waals surface area contributed by atoms with Crippen molar-refractivity contribution in [2.45, 2.75) is 27.2 Å². The Morgan fingerprint density at radius 3 is 2.21 bits per heavy atom. The van der Waals surface area contributed by atoms with Crippen molar-refractivity contribution in [3.05, 3.63) is 54.4 Å². The van der Waals surface area contributed by atoms with Crippen LogP contribution < -0.4 is 10.8 Å². The van der Waals surface area contributed by atoms with E-state index in [2.05, 4.69) is 44.7 Å². The minimum Gasteiger partial charge on any atom is -0.359 e. The molecule has 0 aliphatic carbocycles. The highest BCUT2D eigenvalue weighted by atomic mass is 16.5. The lowest BCUT2D eigenvalue weighted by Crippen LogP contribution is -2.22. The van der Waals surface area contributed by atoms with Gasteiger partial charge in [0.05, 0.1) is 0 Å². The van der Waals surface area contributed by atoms with Crippen LogP contribution >= 0.6 is 0 Å². The maximum atomic E-state index is 9.05. The summed E-state index contributed by atoms with van der Waals surface area (Å²) in [5.41, 5.74) is 5.77. The summed E-state index contributed by atoms with van der Waals surface area (Å²) >= 11 is 0. The van der Waals surface area contributed by atoms with Crippen molar-refractivity contribution < 1.29 is 5.21 Å². The van der Waals surface area contributed by atoms with E-state index in [-0.39, 0.29) is 5.92 Å². The first kappa shape index (κ1) is 15.3. The van der Waals surface area contributed by atoms with Crippen LogP contribution in [0.2, 0.25) is 0 Å². The Bertz CT molecular complexity index is 435. The van der Waals surface area contributed by atoms with Gasteiger partial charge in [-0.15, -0.1) is 0 Å². The molecule has 1 aromatic rings. The van der Waals surface area contributed by atoms with Gasteiger partial charge in [-0.05, 0) is 31.4 Å². The van der Waals surface area contributed by atoms with Gasteiger partial charge < -0.3 is 5.32 Å². The van der Waals surface area contributed by atoms with E-state index < -0.39 is 0 Å². The van der Waals surface area contributed by atoms with Crippen molar-refractivity contribution in [1.82, 2.24) is 5.48 Å². The van der Waals surface area contributed by atoms with E-state index in [1.54, 1.807) is 0 Å². The summed E-state index contributed by atoms with van der Waals surface area (Å²) < 4.78 is 0. The molecule has 3 heteroatoms. The van der Waals surface area contributed by atoms with E-state index in [4.69, 9.17) is 5.21 Å². The Hall–Kier alpha value is -1.74. The molecule has 0 heterocycles. The van der Waals surface area contributed by atoms with Gasteiger partial charge in [0.15, 0.2) is 0 Å². The number of aryl methyl sites for hydroxylation is 1. The van der Waals surface area contributed by atoms with Gasteiger partial charge in [0, 0.05) is 23.0 Å². The van der Waals surface area contributed by atoms with Crippen LogP contribution in [0.5, 0.6) is 0 Å². The van der Waals surface area contributed by atoms with Gasteiger partial charge in [0.2, 0.25) is 0 Å². The lowest BCUT2D eigenvalue weighted by Gasteiger charge is -2.24. The van der Waals surface area contributed by atoms with Gasteiger partial charge in [-0.25, -0.2) is 0 Å². The smallest absolute Gasteiger partial charge is 0.0402 e. The molecule has 3 nitrogen and oxygen atoms in total. The lowest BCUT2D eigenvalue weighted by molar-refractivity contribution is 0.186. The number of hydroxylamine groups is 1. The van der Waals surface area contributed by atoms with Crippen molar-refractivity contribution >= 4 is 5.69 Å². The molecule has 0 radical (unpaired) electrons.